The molecular formula is C20H22FN5O2. The van der Waals surface area contributed by atoms with E-state index in [1.807, 2.05) is 36.1 Å². The van der Waals surface area contributed by atoms with E-state index in [4.69, 9.17) is 4.74 Å². The van der Waals surface area contributed by atoms with Crippen molar-refractivity contribution in [2.75, 3.05) is 6.54 Å². The van der Waals surface area contributed by atoms with E-state index in [2.05, 4.69) is 15.5 Å². The van der Waals surface area contributed by atoms with E-state index >= 15 is 0 Å². The number of aromatic nitrogens is 4. The Morgan fingerprint density at radius 3 is 2.86 bits per heavy atom. The summed E-state index contributed by atoms with van der Waals surface area (Å²) in [5, 5.41) is 11.9. The Kier molecular flexibility index (Phi) is 3.89. The molecule has 2 fully saturated rings. The largest absolute Gasteiger partial charge is 0.489 e. The number of carbonyl (C=O) groups excluding carboxylic acids is 1. The van der Waals surface area contributed by atoms with Crippen LogP contribution in [0.5, 0.6) is 5.75 Å². The van der Waals surface area contributed by atoms with Gasteiger partial charge in [-0.2, -0.15) is 14.6 Å². The Labute approximate surface area is 161 Å². The number of amides is 1. The van der Waals surface area contributed by atoms with Gasteiger partial charge in [-0.1, -0.05) is 0 Å². The van der Waals surface area contributed by atoms with Gasteiger partial charge in [0.15, 0.2) is 0 Å². The summed E-state index contributed by atoms with van der Waals surface area (Å²) in [4.78, 5) is 11.5. The first-order valence-electron chi connectivity index (χ1n) is 9.63. The maximum atomic E-state index is 14.7. The van der Waals surface area contributed by atoms with Crippen LogP contribution in [0.2, 0.25) is 0 Å². The SMILES string of the molecule is CC(Oc1cc(-c2cnn(C3CC3)c2)cc2nn(C)c(F)c12)[C@H]1CNC(=O)C1. The highest BCUT2D eigenvalue weighted by Crippen LogP contribution is 2.38. The number of rotatable bonds is 5. The Bertz CT molecular complexity index is 1070. The second-order valence-corrected chi connectivity index (χ2v) is 7.81. The molecule has 3 heterocycles. The van der Waals surface area contributed by atoms with Gasteiger partial charge in [0, 0.05) is 37.7 Å². The molecule has 0 bridgehead atoms. The van der Waals surface area contributed by atoms with E-state index in [1.54, 1.807) is 7.05 Å². The molecule has 146 valence electrons. The summed E-state index contributed by atoms with van der Waals surface area (Å²) in [7, 11) is 1.58. The van der Waals surface area contributed by atoms with E-state index in [0.717, 1.165) is 24.0 Å². The molecule has 1 aliphatic heterocycles. The highest BCUT2D eigenvalue weighted by atomic mass is 19.1. The summed E-state index contributed by atoms with van der Waals surface area (Å²) >= 11 is 0. The number of hydrogen-bond acceptors (Lipinski definition) is 4. The lowest BCUT2D eigenvalue weighted by molar-refractivity contribution is -0.119. The number of hydrogen-bond donors (Lipinski definition) is 1. The Hall–Kier alpha value is -2.90. The van der Waals surface area contributed by atoms with Crippen LogP contribution in [-0.4, -0.2) is 38.1 Å². The van der Waals surface area contributed by atoms with E-state index in [-0.39, 0.29) is 17.9 Å². The zero-order chi connectivity index (χ0) is 19.4. The molecule has 7 nitrogen and oxygen atoms in total. The highest BCUT2D eigenvalue weighted by molar-refractivity contribution is 5.90. The number of aryl methyl sites for hydroxylation is 1. The van der Waals surface area contributed by atoms with E-state index in [9.17, 15) is 9.18 Å². The van der Waals surface area contributed by atoms with Gasteiger partial charge in [0.05, 0.1) is 23.1 Å². The average molecular weight is 383 g/mol. The molecule has 1 aliphatic carbocycles. The van der Waals surface area contributed by atoms with Crippen LogP contribution in [0.1, 0.15) is 32.2 Å². The van der Waals surface area contributed by atoms with Crippen LogP contribution in [-0.2, 0) is 11.8 Å². The summed E-state index contributed by atoms with van der Waals surface area (Å²) < 4.78 is 24.1. The van der Waals surface area contributed by atoms with Gasteiger partial charge < -0.3 is 10.1 Å². The van der Waals surface area contributed by atoms with Crippen LogP contribution in [0, 0.1) is 11.9 Å². The van der Waals surface area contributed by atoms with Crippen molar-refractivity contribution >= 4 is 16.8 Å². The third kappa shape index (κ3) is 2.93. The summed E-state index contributed by atoms with van der Waals surface area (Å²) in [5.41, 5.74) is 2.38. The zero-order valence-electron chi connectivity index (χ0n) is 15.9. The lowest BCUT2D eigenvalue weighted by atomic mass is 10.0. The molecule has 1 amide bonds. The number of halogens is 1. The fourth-order valence-corrected chi connectivity index (χ4v) is 3.80. The number of nitrogens with zero attached hydrogens (tertiary/aromatic N) is 4. The van der Waals surface area contributed by atoms with Crippen molar-refractivity contribution in [2.24, 2.45) is 13.0 Å². The summed E-state index contributed by atoms with van der Waals surface area (Å²) in [5.74, 6) is 0.102. The van der Waals surface area contributed by atoms with Crippen LogP contribution in [0.15, 0.2) is 24.5 Å². The molecule has 0 spiro atoms. The highest BCUT2D eigenvalue weighted by Gasteiger charge is 2.29. The molecule has 5 rings (SSSR count). The monoisotopic (exact) mass is 383 g/mol. The predicted octanol–water partition coefficient (Wildman–Crippen LogP) is 2.81. The number of nitrogens with one attached hydrogen (secondary N) is 1. The predicted molar refractivity (Wildman–Crippen MR) is 101 cm³/mol. The van der Waals surface area contributed by atoms with Gasteiger partial charge in [0.1, 0.15) is 11.9 Å². The lowest BCUT2D eigenvalue weighted by Crippen LogP contribution is -2.25. The topological polar surface area (TPSA) is 74.0 Å². The second-order valence-electron chi connectivity index (χ2n) is 7.81. The minimum Gasteiger partial charge on any atom is -0.489 e. The molecule has 28 heavy (non-hydrogen) atoms. The normalized spacial score (nSPS) is 20.5. The Balaban J connectivity index is 1.54. The van der Waals surface area contributed by atoms with Crippen LogP contribution in [0.4, 0.5) is 4.39 Å². The molecule has 8 heteroatoms. The van der Waals surface area contributed by atoms with Crippen molar-refractivity contribution in [2.45, 2.75) is 38.3 Å². The van der Waals surface area contributed by atoms with E-state index in [0.29, 0.717) is 35.7 Å². The second kappa shape index (κ2) is 6.32. The van der Waals surface area contributed by atoms with Crippen molar-refractivity contribution in [1.29, 1.82) is 0 Å². The maximum absolute atomic E-state index is 14.7. The first-order valence-corrected chi connectivity index (χ1v) is 9.63. The fraction of sp³-hybridized carbons (Fsp3) is 0.450. The molecule has 1 N–H and O–H groups in total. The molecule has 2 atom stereocenters. The standard InChI is InChI=1S/C20H22FN5O2/c1-11(13-7-18(27)22-8-13)28-17-6-12(5-16-19(17)20(21)25(2)24-16)14-9-23-26(10-14)15-3-4-15/h5-6,9-11,13,15H,3-4,7-8H2,1-2H3,(H,22,27)/t11?,13-/m1/s1. The lowest BCUT2D eigenvalue weighted by Gasteiger charge is -2.20. The van der Waals surface area contributed by atoms with Crippen molar-refractivity contribution in [3.05, 3.63) is 30.5 Å². The van der Waals surface area contributed by atoms with Crippen LogP contribution >= 0.6 is 0 Å². The van der Waals surface area contributed by atoms with Crippen LogP contribution in [0.25, 0.3) is 22.0 Å². The van der Waals surface area contributed by atoms with Crippen LogP contribution in [0.3, 0.4) is 0 Å². The number of carbonyl (C=O) groups is 1. The van der Waals surface area contributed by atoms with Crippen LogP contribution < -0.4 is 10.1 Å². The summed E-state index contributed by atoms with van der Waals surface area (Å²) in [6.07, 6.45) is 6.35. The number of fused-ring (bicyclic) bond motifs is 1. The fourth-order valence-electron chi connectivity index (χ4n) is 3.80. The third-order valence-corrected chi connectivity index (χ3v) is 5.67. The number of ether oxygens (including phenoxy) is 1. The van der Waals surface area contributed by atoms with Crippen molar-refractivity contribution in [3.63, 3.8) is 0 Å². The minimum atomic E-state index is -0.432. The molecule has 2 aliphatic rings. The first-order chi connectivity index (χ1) is 13.5. The zero-order valence-corrected chi connectivity index (χ0v) is 15.9. The van der Waals surface area contributed by atoms with Gasteiger partial charge in [-0.3, -0.25) is 9.48 Å². The molecule has 1 aromatic carbocycles. The molecule has 1 saturated carbocycles. The van der Waals surface area contributed by atoms with E-state index in [1.165, 1.54) is 4.68 Å². The first kappa shape index (κ1) is 17.2. The molecule has 1 unspecified atom stereocenters. The van der Waals surface area contributed by atoms with Gasteiger partial charge in [-0.05, 0) is 37.5 Å². The molecule has 2 aromatic heterocycles. The Morgan fingerprint density at radius 2 is 2.14 bits per heavy atom. The molecular weight excluding hydrogens is 361 g/mol. The van der Waals surface area contributed by atoms with E-state index < -0.39 is 5.95 Å². The maximum Gasteiger partial charge on any atom is 0.222 e. The van der Waals surface area contributed by atoms with Crippen molar-refractivity contribution < 1.29 is 13.9 Å². The molecule has 3 aromatic rings. The third-order valence-electron chi connectivity index (χ3n) is 5.67. The number of benzene rings is 1. The van der Waals surface area contributed by atoms with Gasteiger partial charge in [0.25, 0.3) is 0 Å². The molecule has 1 saturated heterocycles. The van der Waals surface area contributed by atoms with Gasteiger partial charge in [0.2, 0.25) is 11.9 Å². The quantitative estimate of drug-likeness (QED) is 0.735. The van der Waals surface area contributed by atoms with Gasteiger partial charge in [-0.15, -0.1) is 0 Å². The Morgan fingerprint density at radius 1 is 1.32 bits per heavy atom. The minimum absolute atomic E-state index is 0.0272. The molecule has 0 radical (unpaired) electrons. The van der Waals surface area contributed by atoms with Gasteiger partial charge >= 0.3 is 0 Å². The van der Waals surface area contributed by atoms with Crippen molar-refractivity contribution in [3.8, 4) is 16.9 Å². The van der Waals surface area contributed by atoms with Gasteiger partial charge in [-0.25, -0.2) is 4.68 Å². The van der Waals surface area contributed by atoms with Crippen molar-refractivity contribution in [1.82, 2.24) is 24.9 Å². The summed E-state index contributed by atoms with van der Waals surface area (Å²) in [6, 6.07) is 4.21. The smallest absolute Gasteiger partial charge is 0.222 e. The average Bonchev–Trinajstić information content (AvgIpc) is 3.09. The summed E-state index contributed by atoms with van der Waals surface area (Å²) in [6.45, 7) is 2.50.